The minimum absolute atomic E-state index is 0.135. The van der Waals surface area contributed by atoms with E-state index in [4.69, 9.17) is 4.74 Å². The van der Waals surface area contributed by atoms with E-state index in [1.807, 2.05) is 6.92 Å². The van der Waals surface area contributed by atoms with Crippen LogP contribution >= 0.6 is 0 Å². The Labute approximate surface area is 89.4 Å². The molecule has 0 radical (unpaired) electrons. The molecule has 5 heteroatoms. The fourth-order valence-electron chi connectivity index (χ4n) is 1.25. The molecule has 0 aromatic carbocycles. The lowest BCUT2D eigenvalue weighted by Gasteiger charge is -2.07. The largest absolute Gasteiger partial charge is 0.382 e. The zero-order chi connectivity index (χ0) is 11.3. The van der Waals surface area contributed by atoms with Crippen molar-refractivity contribution < 1.29 is 9.53 Å². The van der Waals surface area contributed by atoms with E-state index in [2.05, 4.69) is 10.3 Å². The van der Waals surface area contributed by atoms with Crippen molar-refractivity contribution in [3.63, 3.8) is 0 Å². The van der Waals surface area contributed by atoms with Crippen LogP contribution in [0.4, 0.5) is 0 Å². The summed E-state index contributed by atoms with van der Waals surface area (Å²) in [6.45, 7) is 1.95. The first-order valence-electron chi connectivity index (χ1n) is 5.01. The van der Waals surface area contributed by atoms with Crippen LogP contribution in [0.2, 0.25) is 0 Å². The van der Waals surface area contributed by atoms with Crippen LogP contribution in [0.5, 0.6) is 0 Å². The molecule has 5 nitrogen and oxygen atoms in total. The molecule has 0 N–H and O–H groups in total. The van der Waals surface area contributed by atoms with Crippen LogP contribution < -0.4 is 0 Å². The van der Waals surface area contributed by atoms with Crippen molar-refractivity contribution in [1.29, 1.82) is 0 Å². The second kappa shape index (κ2) is 5.60. The smallest absolute Gasteiger partial charge is 0.139 e. The Hall–Kier alpha value is -1.23. The summed E-state index contributed by atoms with van der Waals surface area (Å²) >= 11 is 0. The average Bonchev–Trinajstić information content (AvgIpc) is 2.60. The summed E-state index contributed by atoms with van der Waals surface area (Å²) in [5, 5.41) is 7.63. The molecule has 0 fully saturated rings. The maximum Gasteiger partial charge on any atom is 0.139 e. The maximum absolute atomic E-state index is 11.5. The maximum atomic E-state index is 11.5. The first kappa shape index (κ1) is 11.8. The van der Waals surface area contributed by atoms with E-state index in [0.29, 0.717) is 12.8 Å². The van der Waals surface area contributed by atoms with Crippen LogP contribution in [0.15, 0.2) is 6.20 Å². The van der Waals surface area contributed by atoms with Gasteiger partial charge < -0.3 is 4.74 Å². The molecule has 0 saturated heterocycles. The third-order valence-corrected chi connectivity index (χ3v) is 2.26. The summed E-state index contributed by atoms with van der Waals surface area (Å²) < 4.78 is 6.67. The lowest BCUT2D eigenvalue weighted by molar-refractivity contribution is -0.119. The number of hydrogen-bond donors (Lipinski definition) is 0. The minimum atomic E-state index is 0.135. The Morgan fingerprint density at radius 3 is 2.93 bits per heavy atom. The number of ketones is 1. The van der Waals surface area contributed by atoms with E-state index in [-0.39, 0.29) is 11.9 Å². The van der Waals surface area contributed by atoms with E-state index in [9.17, 15) is 4.79 Å². The van der Waals surface area contributed by atoms with Gasteiger partial charge in [0.25, 0.3) is 0 Å². The molecule has 1 aromatic rings. The second-order valence-electron chi connectivity index (χ2n) is 3.68. The molecule has 0 aliphatic carbocycles. The van der Waals surface area contributed by atoms with Gasteiger partial charge in [-0.1, -0.05) is 5.21 Å². The molecule has 1 aromatic heterocycles. The molecule has 1 heterocycles. The Morgan fingerprint density at radius 1 is 1.67 bits per heavy atom. The monoisotopic (exact) mass is 211 g/mol. The van der Waals surface area contributed by atoms with Crippen molar-refractivity contribution in [3.8, 4) is 0 Å². The van der Waals surface area contributed by atoms with Crippen molar-refractivity contribution >= 4 is 5.78 Å². The molecule has 0 aliphatic heterocycles. The minimum Gasteiger partial charge on any atom is -0.382 e. The number of ether oxygens (including phenoxy) is 1. The fraction of sp³-hybridized carbons (Fsp3) is 0.700. The summed E-state index contributed by atoms with van der Waals surface area (Å²) in [5.41, 5.74) is 0.729. The molecule has 84 valence electrons. The number of aromatic nitrogens is 3. The quantitative estimate of drug-likeness (QED) is 0.696. The molecule has 0 saturated carbocycles. The van der Waals surface area contributed by atoms with E-state index in [1.165, 1.54) is 0 Å². The number of hydrogen-bond acceptors (Lipinski definition) is 4. The number of carbonyl (C=O) groups excluding carboxylic acids is 1. The predicted octanol–water partition coefficient (Wildman–Crippen LogP) is 0.742. The van der Waals surface area contributed by atoms with Gasteiger partial charge in [0.05, 0.1) is 18.2 Å². The van der Waals surface area contributed by atoms with Gasteiger partial charge in [-0.2, -0.15) is 0 Å². The van der Waals surface area contributed by atoms with Crippen LogP contribution in [0.3, 0.4) is 0 Å². The van der Waals surface area contributed by atoms with Crippen LogP contribution in [-0.4, -0.2) is 34.0 Å². The van der Waals surface area contributed by atoms with Crippen LogP contribution in [-0.2, 0) is 23.0 Å². The lowest BCUT2D eigenvalue weighted by Crippen LogP contribution is -2.10. The lowest BCUT2D eigenvalue weighted by atomic mass is 10.1. The predicted molar refractivity (Wildman–Crippen MR) is 55.4 cm³/mol. The summed E-state index contributed by atoms with van der Waals surface area (Å²) in [4.78, 5) is 11.5. The van der Waals surface area contributed by atoms with Gasteiger partial charge in [-0.05, 0) is 13.3 Å². The Kier molecular flexibility index (Phi) is 4.42. The number of nitrogens with zero attached hydrogens (tertiary/aromatic N) is 3. The average molecular weight is 211 g/mol. The molecule has 0 spiro atoms. The van der Waals surface area contributed by atoms with Crippen LogP contribution in [0.25, 0.3) is 0 Å². The Bertz CT molecular complexity index is 322. The summed E-state index contributed by atoms with van der Waals surface area (Å²) in [6.07, 6.45) is 3.55. The molecular weight excluding hydrogens is 194 g/mol. The van der Waals surface area contributed by atoms with Crippen molar-refractivity contribution in [3.05, 3.63) is 11.9 Å². The van der Waals surface area contributed by atoms with Crippen molar-refractivity contribution in [1.82, 2.24) is 15.0 Å². The first-order valence-corrected chi connectivity index (χ1v) is 5.01. The third-order valence-electron chi connectivity index (χ3n) is 2.26. The van der Waals surface area contributed by atoms with Gasteiger partial charge in [0.2, 0.25) is 0 Å². The van der Waals surface area contributed by atoms with Gasteiger partial charge in [-0.25, -0.2) is 0 Å². The molecule has 0 bridgehead atoms. The van der Waals surface area contributed by atoms with Crippen molar-refractivity contribution in [2.24, 2.45) is 7.05 Å². The summed E-state index contributed by atoms with van der Waals surface area (Å²) in [6, 6.07) is 0. The highest BCUT2D eigenvalue weighted by Gasteiger charge is 2.08. The van der Waals surface area contributed by atoms with E-state index in [1.54, 1.807) is 25.0 Å². The molecule has 1 unspecified atom stereocenters. The Morgan fingerprint density at radius 2 is 2.40 bits per heavy atom. The molecule has 0 amide bonds. The van der Waals surface area contributed by atoms with Gasteiger partial charge in [0.1, 0.15) is 5.78 Å². The molecule has 0 aliphatic rings. The second-order valence-corrected chi connectivity index (χ2v) is 3.68. The zero-order valence-electron chi connectivity index (χ0n) is 9.43. The first-order chi connectivity index (χ1) is 7.11. The number of carbonyl (C=O) groups is 1. The topological polar surface area (TPSA) is 57.0 Å². The SMILES string of the molecule is COC(C)CCC(=O)Cc1cn(C)nn1. The van der Waals surface area contributed by atoms with Crippen LogP contribution in [0.1, 0.15) is 25.5 Å². The Balaban J connectivity index is 2.30. The standard InChI is InChI=1S/C10H17N3O2/c1-8(15-3)4-5-10(14)6-9-7-13(2)12-11-9/h7-8H,4-6H2,1-3H3. The van der Waals surface area contributed by atoms with Crippen LogP contribution in [0, 0.1) is 0 Å². The molecular formula is C10H17N3O2. The van der Waals surface area contributed by atoms with Gasteiger partial charge in [-0.15, -0.1) is 5.10 Å². The van der Waals surface area contributed by atoms with Gasteiger partial charge in [0, 0.05) is 26.8 Å². The highest BCUT2D eigenvalue weighted by molar-refractivity contribution is 5.80. The van der Waals surface area contributed by atoms with E-state index >= 15 is 0 Å². The zero-order valence-corrected chi connectivity index (χ0v) is 9.43. The molecule has 15 heavy (non-hydrogen) atoms. The summed E-state index contributed by atoms with van der Waals surface area (Å²) in [7, 11) is 3.44. The van der Waals surface area contributed by atoms with E-state index in [0.717, 1.165) is 12.1 Å². The molecule has 1 atom stereocenters. The number of Topliss-reactive ketones (excluding diaryl/α,β-unsaturated/α-hetero) is 1. The van der Waals surface area contributed by atoms with Crippen molar-refractivity contribution in [2.75, 3.05) is 7.11 Å². The fourth-order valence-corrected chi connectivity index (χ4v) is 1.25. The van der Waals surface area contributed by atoms with E-state index < -0.39 is 0 Å². The highest BCUT2D eigenvalue weighted by atomic mass is 16.5. The normalized spacial score (nSPS) is 12.7. The summed E-state index contributed by atoms with van der Waals surface area (Å²) in [5.74, 6) is 0.180. The third kappa shape index (κ3) is 4.20. The van der Waals surface area contributed by atoms with Gasteiger partial charge in [-0.3, -0.25) is 9.48 Å². The highest BCUT2D eigenvalue weighted by Crippen LogP contribution is 2.04. The van der Waals surface area contributed by atoms with Gasteiger partial charge >= 0.3 is 0 Å². The number of aryl methyl sites for hydroxylation is 1. The number of methoxy groups -OCH3 is 1. The number of rotatable bonds is 6. The van der Waals surface area contributed by atoms with Crippen molar-refractivity contribution in [2.45, 2.75) is 32.3 Å². The van der Waals surface area contributed by atoms with Gasteiger partial charge in [0.15, 0.2) is 0 Å². The molecule has 1 rings (SSSR count).